The number of hydrogen-bond acceptors (Lipinski definition) is 7. The summed E-state index contributed by atoms with van der Waals surface area (Å²) in [6, 6.07) is 0. The maximum Gasteiger partial charge on any atom is 0.0933 e. The van der Waals surface area contributed by atoms with Gasteiger partial charge in [-0.25, -0.2) is 0 Å². The van der Waals surface area contributed by atoms with Crippen LogP contribution in [0.1, 0.15) is 0 Å². The van der Waals surface area contributed by atoms with Gasteiger partial charge in [0.2, 0.25) is 0 Å². The van der Waals surface area contributed by atoms with Crippen LogP contribution in [0.15, 0.2) is 0 Å². The zero-order valence-corrected chi connectivity index (χ0v) is 12.5. The Labute approximate surface area is 122 Å². The molecular weight excluding hydrogens is 258 g/mol. The first-order chi connectivity index (χ1) is 9.93. The third kappa shape index (κ3) is 15.8. The summed E-state index contributed by atoms with van der Waals surface area (Å²) in [7, 11) is 0. The fourth-order valence-electron chi connectivity index (χ4n) is 1.46. The van der Waals surface area contributed by atoms with Crippen molar-refractivity contribution >= 4 is 0 Å². The third-order valence-electron chi connectivity index (χ3n) is 2.74. The highest BCUT2D eigenvalue weighted by atomic mass is 16.6. The van der Waals surface area contributed by atoms with Crippen molar-refractivity contribution in [1.82, 2.24) is 21.3 Å². The lowest BCUT2D eigenvalue weighted by Crippen LogP contribution is -2.36. The van der Waals surface area contributed by atoms with Crippen molar-refractivity contribution in [3.8, 4) is 0 Å². The summed E-state index contributed by atoms with van der Waals surface area (Å²) in [4.78, 5) is 0. The smallest absolute Gasteiger partial charge is 0.0933 e. The molecule has 7 heteroatoms. The number of nitrogens with one attached hydrogen (secondary N) is 4. The van der Waals surface area contributed by atoms with Crippen LogP contribution in [-0.4, -0.2) is 84.8 Å². The molecule has 0 aromatic rings. The fourth-order valence-corrected chi connectivity index (χ4v) is 1.46. The Balaban J connectivity index is 0.000000584. The van der Waals surface area contributed by atoms with Crippen LogP contribution in [0.25, 0.3) is 0 Å². The van der Waals surface area contributed by atoms with E-state index in [-0.39, 0.29) is 0 Å². The molecule has 20 heavy (non-hydrogen) atoms. The molecule has 2 rings (SSSR count). The second kappa shape index (κ2) is 13.7. The van der Waals surface area contributed by atoms with E-state index in [2.05, 4.69) is 26.0 Å². The summed E-state index contributed by atoms with van der Waals surface area (Å²) in [5.41, 5.74) is 5.36. The van der Waals surface area contributed by atoms with Gasteiger partial charge >= 0.3 is 0 Å². The summed E-state index contributed by atoms with van der Waals surface area (Å²) in [6.07, 6.45) is 0.484. The van der Waals surface area contributed by atoms with Gasteiger partial charge in [-0.2, -0.15) is 0 Å². The SMILES string of the molecule is C1CO1.NCCNCCNCCNCCNCC1CO1. The van der Waals surface area contributed by atoms with Gasteiger partial charge in [0.15, 0.2) is 0 Å². The largest absolute Gasteiger partial charge is 0.377 e. The Bertz CT molecular complexity index is 200. The normalized spacial score (nSPS) is 19.4. The average molecular weight is 289 g/mol. The Morgan fingerprint density at radius 2 is 1.25 bits per heavy atom. The first-order valence-corrected chi connectivity index (χ1v) is 7.65. The van der Waals surface area contributed by atoms with Crippen LogP contribution in [0.2, 0.25) is 0 Å². The number of nitrogens with two attached hydrogens (primary N) is 1. The van der Waals surface area contributed by atoms with E-state index in [1.54, 1.807) is 0 Å². The van der Waals surface area contributed by atoms with E-state index in [0.29, 0.717) is 12.6 Å². The highest BCUT2D eigenvalue weighted by Crippen LogP contribution is 2.05. The van der Waals surface area contributed by atoms with Gasteiger partial charge in [-0.1, -0.05) is 0 Å². The number of ether oxygens (including phenoxy) is 2. The topological polar surface area (TPSA) is 99.2 Å². The Hall–Kier alpha value is -0.280. The molecular formula is C13H31N5O2. The zero-order chi connectivity index (χ0) is 14.3. The predicted molar refractivity (Wildman–Crippen MR) is 81.1 cm³/mol. The van der Waals surface area contributed by atoms with Crippen LogP contribution in [0, 0.1) is 0 Å². The molecule has 0 aromatic heterocycles. The molecule has 0 saturated carbocycles. The molecule has 0 bridgehead atoms. The molecule has 0 radical (unpaired) electrons. The summed E-state index contributed by atoms with van der Waals surface area (Å²) < 4.78 is 9.60. The highest BCUT2D eigenvalue weighted by Gasteiger charge is 2.20. The monoisotopic (exact) mass is 289 g/mol. The Morgan fingerprint density at radius 1 is 0.800 bits per heavy atom. The van der Waals surface area contributed by atoms with Crippen LogP contribution < -0.4 is 27.0 Å². The molecule has 0 aliphatic carbocycles. The van der Waals surface area contributed by atoms with Crippen LogP contribution in [0.3, 0.4) is 0 Å². The van der Waals surface area contributed by atoms with Crippen LogP contribution in [-0.2, 0) is 9.47 Å². The van der Waals surface area contributed by atoms with Crippen LogP contribution in [0.5, 0.6) is 0 Å². The first-order valence-electron chi connectivity index (χ1n) is 7.65. The second-order valence-electron chi connectivity index (χ2n) is 4.81. The Kier molecular flexibility index (Phi) is 12.2. The third-order valence-corrected chi connectivity index (χ3v) is 2.74. The number of hydrogen-bond donors (Lipinski definition) is 5. The van der Waals surface area contributed by atoms with Crippen LogP contribution >= 0.6 is 0 Å². The lowest BCUT2D eigenvalue weighted by Gasteiger charge is -2.07. The van der Waals surface area contributed by atoms with Crippen molar-refractivity contribution in [2.24, 2.45) is 5.73 Å². The van der Waals surface area contributed by atoms with Crippen molar-refractivity contribution in [1.29, 1.82) is 0 Å². The van der Waals surface area contributed by atoms with Crippen molar-refractivity contribution in [2.75, 3.05) is 78.7 Å². The van der Waals surface area contributed by atoms with E-state index in [1.807, 2.05) is 0 Å². The first kappa shape index (κ1) is 17.8. The lowest BCUT2D eigenvalue weighted by molar-refractivity contribution is 0.396. The molecule has 1 atom stereocenters. The van der Waals surface area contributed by atoms with Crippen molar-refractivity contribution in [3.63, 3.8) is 0 Å². The Morgan fingerprint density at radius 3 is 1.65 bits per heavy atom. The summed E-state index contributed by atoms with van der Waals surface area (Å²) >= 11 is 0. The standard InChI is InChI=1S/C11H27N5O.C2H4O/c12-1-2-13-3-4-14-5-6-15-7-8-16-9-11-10-17-11;1-2-3-1/h11,13-16H,1-10,12H2;1-2H2. The molecule has 0 amide bonds. The van der Waals surface area contributed by atoms with Gasteiger partial charge in [0.05, 0.1) is 25.9 Å². The van der Waals surface area contributed by atoms with E-state index < -0.39 is 0 Å². The highest BCUT2D eigenvalue weighted by molar-refractivity contribution is 4.71. The molecule has 1 unspecified atom stereocenters. The summed E-state index contributed by atoms with van der Waals surface area (Å²) in [6.45, 7) is 11.6. The van der Waals surface area contributed by atoms with Crippen molar-refractivity contribution in [3.05, 3.63) is 0 Å². The molecule has 2 heterocycles. The zero-order valence-electron chi connectivity index (χ0n) is 12.5. The van der Waals surface area contributed by atoms with Gasteiger partial charge in [-0.3, -0.25) is 0 Å². The van der Waals surface area contributed by atoms with E-state index in [0.717, 1.165) is 72.2 Å². The quantitative estimate of drug-likeness (QED) is 0.192. The van der Waals surface area contributed by atoms with Gasteiger partial charge in [-0.05, 0) is 0 Å². The summed E-state index contributed by atoms with van der Waals surface area (Å²) in [5, 5.41) is 13.3. The molecule has 2 fully saturated rings. The van der Waals surface area contributed by atoms with E-state index in [1.165, 1.54) is 0 Å². The minimum Gasteiger partial charge on any atom is -0.377 e. The number of epoxide rings is 2. The van der Waals surface area contributed by atoms with Crippen molar-refractivity contribution < 1.29 is 9.47 Å². The van der Waals surface area contributed by atoms with E-state index >= 15 is 0 Å². The average Bonchev–Trinajstić information content (AvgIpc) is 3.32. The van der Waals surface area contributed by atoms with E-state index in [4.69, 9.17) is 10.5 Å². The lowest BCUT2D eigenvalue weighted by atomic mass is 10.4. The summed E-state index contributed by atoms with van der Waals surface area (Å²) in [5.74, 6) is 0. The molecule has 120 valence electrons. The van der Waals surface area contributed by atoms with Gasteiger partial charge < -0.3 is 36.5 Å². The minimum absolute atomic E-state index is 0.484. The molecule has 7 nitrogen and oxygen atoms in total. The molecule has 0 aromatic carbocycles. The van der Waals surface area contributed by atoms with Crippen molar-refractivity contribution in [2.45, 2.75) is 6.10 Å². The molecule has 2 aliphatic rings. The molecule has 2 saturated heterocycles. The molecule has 2 aliphatic heterocycles. The van der Waals surface area contributed by atoms with Crippen LogP contribution in [0.4, 0.5) is 0 Å². The maximum absolute atomic E-state index is 5.36. The van der Waals surface area contributed by atoms with E-state index in [9.17, 15) is 0 Å². The molecule has 6 N–H and O–H groups in total. The maximum atomic E-state index is 5.36. The second-order valence-corrected chi connectivity index (χ2v) is 4.81. The van der Waals surface area contributed by atoms with Gasteiger partial charge in [0.25, 0.3) is 0 Å². The van der Waals surface area contributed by atoms with Gasteiger partial charge in [0, 0.05) is 58.9 Å². The van der Waals surface area contributed by atoms with Gasteiger partial charge in [0.1, 0.15) is 0 Å². The van der Waals surface area contributed by atoms with Gasteiger partial charge in [-0.15, -0.1) is 0 Å². The minimum atomic E-state index is 0.484. The fraction of sp³-hybridized carbons (Fsp3) is 1.00. The predicted octanol–water partition coefficient (Wildman–Crippen LogP) is -2.28. The molecule has 0 spiro atoms. The number of rotatable bonds is 13.